The molecule has 0 spiro atoms. The molecule has 1 amide bonds. The molecule has 2 aromatic carbocycles. The number of thiophene rings is 1. The van der Waals surface area contributed by atoms with Gasteiger partial charge in [-0.2, -0.15) is 0 Å². The van der Waals surface area contributed by atoms with E-state index in [1.54, 1.807) is 47.8 Å². The molecule has 0 aliphatic heterocycles. The van der Waals surface area contributed by atoms with Gasteiger partial charge in [0.15, 0.2) is 6.61 Å². The van der Waals surface area contributed by atoms with E-state index in [-0.39, 0.29) is 22.8 Å². The Morgan fingerprint density at radius 1 is 1.09 bits per heavy atom. The Hall–Kier alpha value is -2.88. The van der Waals surface area contributed by atoms with Crippen LogP contribution >= 0.6 is 11.3 Å². The van der Waals surface area contributed by atoms with E-state index in [0.717, 1.165) is 5.56 Å². The third kappa shape index (κ3) is 6.32. The summed E-state index contributed by atoms with van der Waals surface area (Å²) in [6.07, 6.45) is 0.128. The number of ether oxygens (including phenoxy) is 2. The van der Waals surface area contributed by atoms with Crippen molar-refractivity contribution in [2.45, 2.75) is 30.8 Å². The molecule has 0 aliphatic carbocycles. The minimum absolute atomic E-state index is 0.128. The molecule has 0 unspecified atom stereocenters. The SMILES string of the molecule is CC(C)OCc1cccc(NC(=O)COc2ccc(N(C)S(=O)(=O)c3cccs3)cc2)c1. The molecule has 3 aromatic rings. The van der Waals surface area contributed by atoms with E-state index in [0.29, 0.717) is 23.7 Å². The number of hydrogen-bond donors (Lipinski definition) is 1. The topological polar surface area (TPSA) is 84.9 Å². The average Bonchev–Trinajstić information content (AvgIpc) is 3.32. The van der Waals surface area contributed by atoms with Crippen LogP contribution in [-0.4, -0.2) is 34.1 Å². The zero-order valence-corrected chi connectivity index (χ0v) is 19.8. The highest BCUT2D eigenvalue weighted by Gasteiger charge is 2.22. The van der Waals surface area contributed by atoms with E-state index >= 15 is 0 Å². The molecule has 1 heterocycles. The Morgan fingerprint density at radius 3 is 2.50 bits per heavy atom. The summed E-state index contributed by atoms with van der Waals surface area (Å²) in [4.78, 5) is 12.2. The van der Waals surface area contributed by atoms with Crippen LogP contribution in [0.1, 0.15) is 19.4 Å². The van der Waals surface area contributed by atoms with E-state index in [4.69, 9.17) is 9.47 Å². The second-order valence-electron chi connectivity index (χ2n) is 7.30. The van der Waals surface area contributed by atoms with Crippen LogP contribution in [0.5, 0.6) is 5.75 Å². The molecule has 0 fully saturated rings. The summed E-state index contributed by atoms with van der Waals surface area (Å²) in [5.41, 5.74) is 2.13. The van der Waals surface area contributed by atoms with E-state index in [1.807, 2.05) is 32.0 Å². The molecule has 170 valence electrons. The highest BCUT2D eigenvalue weighted by atomic mass is 32.2. The van der Waals surface area contributed by atoms with Crippen molar-refractivity contribution in [1.29, 1.82) is 0 Å². The van der Waals surface area contributed by atoms with Gasteiger partial charge in [-0.25, -0.2) is 8.42 Å². The van der Waals surface area contributed by atoms with Crippen molar-refractivity contribution in [3.05, 3.63) is 71.6 Å². The Bertz CT molecular complexity index is 1130. The van der Waals surface area contributed by atoms with Gasteiger partial charge >= 0.3 is 0 Å². The standard InChI is InChI=1S/C23H26N2O5S2/c1-17(2)29-15-18-6-4-7-19(14-18)24-22(26)16-30-21-11-9-20(10-12-21)25(3)32(27,28)23-8-5-13-31-23/h4-14,17H,15-16H2,1-3H3,(H,24,26). The van der Waals surface area contributed by atoms with Crippen LogP contribution in [0.4, 0.5) is 11.4 Å². The quantitative estimate of drug-likeness (QED) is 0.467. The third-order valence-corrected chi connectivity index (χ3v) is 7.63. The molecule has 0 saturated carbocycles. The highest BCUT2D eigenvalue weighted by molar-refractivity contribution is 7.94. The first-order valence-electron chi connectivity index (χ1n) is 10.0. The second kappa shape index (κ2) is 10.6. The summed E-state index contributed by atoms with van der Waals surface area (Å²) in [7, 11) is -2.10. The molecule has 0 aliphatic rings. The van der Waals surface area contributed by atoms with E-state index in [9.17, 15) is 13.2 Å². The van der Waals surface area contributed by atoms with Crippen molar-refractivity contribution in [3.63, 3.8) is 0 Å². The summed E-state index contributed by atoms with van der Waals surface area (Å²) in [6, 6.07) is 17.3. The summed E-state index contributed by atoms with van der Waals surface area (Å²) >= 11 is 1.17. The van der Waals surface area contributed by atoms with Gasteiger partial charge in [0.25, 0.3) is 15.9 Å². The van der Waals surface area contributed by atoms with Crippen molar-refractivity contribution in [2.24, 2.45) is 0 Å². The van der Waals surface area contributed by atoms with E-state index < -0.39 is 10.0 Å². The average molecular weight is 475 g/mol. The lowest BCUT2D eigenvalue weighted by Gasteiger charge is -2.18. The zero-order chi connectivity index (χ0) is 23.1. The van der Waals surface area contributed by atoms with Crippen LogP contribution in [0.2, 0.25) is 0 Å². The van der Waals surface area contributed by atoms with Crippen LogP contribution in [0.3, 0.4) is 0 Å². The molecule has 0 saturated heterocycles. The molecule has 1 aromatic heterocycles. The lowest BCUT2D eigenvalue weighted by Crippen LogP contribution is -2.25. The fourth-order valence-corrected chi connectivity index (χ4v) is 5.14. The van der Waals surface area contributed by atoms with Gasteiger partial charge in [0, 0.05) is 12.7 Å². The molecule has 7 nitrogen and oxygen atoms in total. The third-order valence-electron chi connectivity index (χ3n) is 4.47. The molecule has 3 rings (SSSR count). The second-order valence-corrected chi connectivity index (χ2v) is 10.4. The largest absolute Gasteiger partial charge is 0.484 e. The Balaban J connectivity index is 1.54. The molecular weight excluding hydrogens is 448 g/mol. The summed E-state index contributed by atoms with van der Waals surface area (Å²) in [5.74, 6) is 0.165. The molecule has 0 atom stereocenters. The minimum Gasteiger partial charge on any atom is -0.484 e. The van der Waals surface area contributed by atoms with Gasteiger partial charge in [0.2, 0.25) is 0 Å². The predicted molar refractivity (Wildman–Crippen MR) is 127 cm³/mol. The number of hydrogen-bond acceptors (Lipinski definition) is 6. The number of amides is 1. The minimum atomic E-state index is -3.60. The number of carbonyl (C=O) groups is 1. The van der Waals surface area contributed by atoms with Crippen LogP contribution in [-0.2, 0) is 26.2 Å². The maximum Gasteiger partial charge on any atom is 0.273 e. The number of carbonyl (C=O) groups excluding carboxylic acids is 1. The van der Waals surface area contributed by atoms with Crippen LogP contribution in [0, 0.1) is 0 Å². The highest BCUT2D eigenvalue weighted by Crippen LogP contribution is 2.26. The van der Waals surface area contributed by atoms with Crippen molar-refractivity contribution in [3.8, 4) is 5.75 Å². The van der Waals surface area contributed by atoms with E-state index in [1.165, 1.54) is 22.7 Å². The molecule has 1 N–H and O–H groups in total. The number of anilines is 2. The first-order valence-corrected chi connectivity index (χ1v) is 12.3. The number of sulfonamides is 1. The van der Waals surface area contributed by atoms with Crippen LogP contribution < -0.4 is 14.4 Å². The van der Waals surface area contributed by atoms with Crippen molar-refractivity contribution < 1.29 is 22.7 Å². The number of benzene rings is 2. The Morgan fingerprint density at radius 2 is 1.84 bits per heavy atom. The van der Waals surface area contributed by atoms with Gasteiger partial charge in [-0.1, -0.05) is 18.2 Å². The smallest absolute Gasteiger partial charge is 0.273 e. The molecular formula is C23H26N2O5S2. The number of nitrogens with zero attached hydrogens (tertiary/aromatic N) is 1. The monoisotopic (exact) mass is 474 g/mol. The van der Waals surface area contributed by atoms with E-state index in [2.05, 4.69) is 5.32 Å². The van der Waals surface area contributed by atoms with Gasteiger partial charge in [-0.05, 0) is 67.3 Å². The van der Waals surface area contributed by atoms with Gasteiger partial charge in [-0.3, -0.25) is 9.10 Å². The number of rotatable bonds is 10. The van der Waals surface area contributed by atoms with Crippen molar-refractivity contribution in [2.75, 3.05) is 23.3 Å². The summed E-state index contributed by atoms with van der Waals surface area (Å²) in [5, 5.41) is 4.52. The fraction of sp³-hybridized carbons (Fsp3) is 0.261. The molecule has 32 heavy (non-hydrogen) atoms. The normalized spacial score (nSPS) is 11.4. The van der Waals surface area contributed by atoms with Crippen molar-refractivity contribution in [1.82, 2.24) is 0 Å². The van der Waals surface area contributed by atoms with Gasteiger partial charge in [-0.15, -0.1) is 11.3 Å². The first-order chi connectivity index (χ1) is 15.3. The number of nitrogens with one attached hydrogen (secondary N) is 1. The predicted octanol–water partition coefficient (Wildman–Crippen LogP) is 4.52. The summed E-state index contributed by atoms with van der Waals surface area (Å²) < 4.78 is 37.8. The lowest BCUT2D eigenvalue weighted by atomic mass is 10.2. The lowest BCUT2D eigenvalue weighted by molar-refractivity contribution is -0.118. The van der Waals surface area contributed by atoms with Gasteiger partial charge in [0.05, 0.1) is 18.4 Å². The molecule has 9 heteroatoms. The first kappa shape index (κ1) is 23.8. The summed E-state index contributed by atoms with van der Waals surface area (Å²) in [6.45, 7) is 4.24. The Labute approximate surface area is 192 Å². The van der Waals surface area contributed by atoms with Crippen LogP contribution in [0.15, 0.2) is 70.3 Å². The van der Waals surface area contributed by atoms with Gasteiger partial charge in [0.1, 0.15) is 9.96 Å². The molecule has 0 radical (unpaired) electrons. The fourth-order valence-electron chi connectivity index (χ4n) is 2.78. The molecule has 0 bridgehead atoms. The van der Waals surface area contributed by atoms with Crippen LogP contribution in [0.25, 0.3) is 0 Å². The maximum absolute atomic E-state index is 12.6. The van der Waals surface area contributed by atoms with Gasteiger partial charge < -0.3 is 14.8 Å². The maximum atomic E-state index is 12.6. The van der Waals surface area contributed by atoms with Crippen molar-refractivity contribution >= 4 is 38.6 Å². The zero-order valence-electron chi connectivity index (χ0n) is 18.1. The Kier molecular flexibility index (Phi) is 7.89.